The van der Waals surface area contributed by atoms with Gasteiger partial charge in [-0.25, -0.2) is 0 Å². The second-order valence-electron chi connectivity index (χ2n) is 2.48. The summed E-state index contributed by atoms with van der Waals surface area (Å²) in [6.07, 6.45) is 5.32. The average Bonchev–Trinajstić information content (AvgIpc) is 1.98. The van der Waals surface area contributed by atoms with Crippen LogP contribution in [-0.2, 0) is 4.74 Å². The second-order valence-corrected chi connectivity index (χ2v) is 3.27. The molecular formula is C8H17BrO. The summed E-state index contributed by atoms with van der Waals surface area (Å²) in [5, 5.41) is 1.09. The molecule has 2 heteroatoms. The SMILES string of the molecule is CCCC(CCCBr)OC. The highest BCUT2D eigenvalue weighted by molar-refractivity contribution is 9.09. The fourth-order valence-electron chi connectivity index (χ4n) is 1.01. The molecule has 0 aliphatic carbocycles. The Hall–Kier alpha value is 0.440. The van der Waals surface area contributed by atoms with Gasteiger partial charge < -0.3 is 4.74 Å². The maximum atomic E-state index is 5.27. The maximum absolute atomic E-state index is 5.27. The summed E-state index contributed by atoms with van der Waals surface area (Å²) >= 11 is 3.40. The molecule has 0 fully saturated rings. The molecule has 10 heavy (non-hydrogen) atoms. The number of ether oxygens (including phenoxy) is 1. The largest absolute Gasteiger partial charge is 0.381 e. The molecule has 0 aliphatic heterocycles. The van der Waals surface area contributed by atoms with Gasteiger partial charge in [0.15, 0.2) is 0 Å². The molecule has 0 N–H and O–H groups in total. The standard InChI is InChI=1S/C8H17BrO/c1-3-5-8(10-2)6-4-7-9/h8H,3-7H2,1-2H3. The quantitative estimate of drug-likeness (QED) is 0.611. The molecule has 0 aromatic rings. The highest BCUT2D eigenvalue weighted by Crippen LogP contribution is 2.08. The molecular weight excluding hydrogens is 192 g/mol. The lowest BCUT2D eigenvalue weighted by molar-refractivity contribution is 0.0871. The van der Waals surface area contributed by atoms with Gasteiger partial charge in [0.2, 0.25) is 0 Å². The fraction of sp³-hybridized carbons (Fsp3) is 1.00. The number of rotatable bonds is 6. The molecule has 0 heterocycles. The van der Waals surface area contributed by atoms with E-state index in [1.54, 1.807) is 7.11 Å². The molecule has 0 spiro atoms. The van der Waals surface area contributed by atoms with Gasteiger partial charge in [-0.3, -0.25) is 0 Å². The Bertz CT molecular complexity index is 66.3. The van der Waals surface area contributed by atoms with Crippen molar-refractivity contribution in [2.24, 2.45) is 0 Å². The molecule has 0 aromatic heterocycles. The van der Waals surface area contributed by atoms with Gasteiger partial charge >= 0.3 is 0 Å². The third kappa shape index (κ3) is 5.24. The van der Waals surface area contributed by atoms with Crippen molar-refractivity contribution in [2.45, 2.75) is 38.7 Å². The van der Waals surface area contributed by atoms with Gasteiger partial charge in [0.05, 0.1) is 6.10 Å². The summed E-state index contributed by atoms with van der Waals surface area (Å²) in [6, 6.07) is 0. The second kappa shape index (κ2) is 7.55. The average molecular weight is 209 g/mol. The molecule has 0 bridgehead atoms. The smallest absolute Gasteiger partial charge is 0.0571 e. The normalized spacial score (nSPS) is 13.5. The van der Waals surface area contributed by atoms with Gasteiger partial charge in [-0.1, -0.05) is 29.3 Å². The predicted octanol–water partition coefficient (Wildman–Crippen LogP) is 2.98. The van der Waals surface area contributed by atoms with E-state index in [4.69, 9.17) is 4.74 Å². The third-order valence-electron chi connectivity index (χ3n) is 1.60. The monoisotopic (exact) mass is 208 g/mol. The van der Waals surface area contributed by atoms with Crippen LogP contribution < -0.4 is 0 Å². The van der Waals surface area contributed by atoms with E-state index < -0.39 is 0 Å². The van der Waals surface area contributed by atoms with Crippen LogP contribution >= 0.6 is 15.9 Å². The molecule has 0 saturated carbocycles. The summed E-state index contributed by atoms with van der Waals surface area (Å²) in [5.41, 5.74) is 0. The van der Waals surface area contributed by atoms with E-state index in [1.165, 1.54) is 25.7 Å². The summed E-state index contributed by atoms with van der Waals surface area (Å²) in [4.78, 5) is 0. The summed E-state index contributed by atoms with van der Waals surface area (Å²) in [6.45, 7) is 2.19. The Morgan fingerprint density at radius 1 is 1.40 bits per heavy atom. The van der Waals surface area contributed by atoms with Crippen molar-refractivity contribution in [2.75, 3.05) is 12.4 Å². The van der Waals surface area contributed by atoms with Crippen LogP contribution in [0.3, 0.4) is 0 Å². The van der Waals surface area contributed by atoms with Crippen molar-refractivity contribution in [3.05, 3.63) is 0 Å². The Morgan fingerprint density at radius 3 is 2.50 bits per heavy atom. The molecule has 62 valence electrons. The van der Waals surface area contributed by atoms with E-state index in [-0.39, 0.29) is 0 Å². The predicted molar refractivity (Wildman–Crippen MR) is 48.7 cm³/mol. The lowest BCUT2D eigenvalue weighted by Gasteiger charge is -2.12. The van der Waals surface area contributed by atoms with Crippen LogP contribution in [0.1, 0.15) is 32.6 Å². The molecule has 0 radical (unpaired) electrons. The lowest BCUT2D eigenvalue weighted by Crippen LogP contribution is -2.09. The van der Waals surface area contributed by atoms with Gasteiger partial charge in [-0.15, -0.1) is 0 Å². The Morgan fingerprint density at radius 2 is 2.10 bits per heavy atom. The van der Waals surface area contributed by atoms with Crippen molar-refractivity contribution in [1.29, 1.82) is 0 Å². The molecule has 0 saturated heterocycles. The Labute approximate surface area is 72.3 Å². The third-order valence-corrected chi connectivity index (χ3v) is 2.16. The number of hydrogen-bond acceptors (Lipinski definition) is 1. The van der Waals surface area contributed by atoms with Crippen molar-refractivity contribution >= 4 is 15.9 Å². The lowest BCUT2D eigenvalue weighted by atomic mass is 10.1. The zero-order valence-electron chi connectivity index (χ0n) is 6.90. The number of hydrogen-bond donors (Lipinski definition) is 0. The molecule has 0 amide bonds. The Kier molecular flexibility index (Phi) is 7.88. The summed E-state index contributed by atoms with van der Waals surface area (Å²) in [5.74, 6) is 0. The molecule has 1 unspecified atom stereocenters. The van der Waals surface area contributed by atoms with Crippen molar-refractivity contribution in [1.82, 2.24) is 0 Å². The maximum Gasteiger partial charge on any atom is 0.0571 e. The molecule has 1 nitrogen and oxygen atoms in total. The van der Waals surface area contributed by atoms with Gasteiger partial charge in [0, 0.05) is 12.4 Å². The number of alkyl halides is 1. The van der Waals surface area contributed by atoms with E-state index in [0.29, 0.717) is 6.10 Å². The van der Waals surface area contributed by atoms with E-state index >= 15 is 0 Å². The summed E-state index contributed by atoms with van der Waals surface area (Å²) < 4.78 is 5.27. The summed E-state index contributed by atoms with van der Waals surface area (Å²) in [7, 11) is 1.80. The molecule has 0 aliphatic rings. The first-order chi connectivity index (χ1) is 4.85. The highest BCUT2D eigenvalue weighted by Gasteiger charge is 2.03. The molecule has 0 aromatic carbocycles. The minimum Gasteiger partial charge on any atom is -0.381 e. The van der Waals surface area contributed by atoms with Crippen molar-refractivity contribution < 1.29 is 4.74 Å². The van der Waals surface area contributed by atoms with Crippen LogP contribution in [-0.4, -0.2) is 18.5 Å². The van der Waals surface area contributed by atoms with Crippen LogP contribution in [0.2, 0.25) is 0 Å². The fourth-order valence-corrected chi connectivity index (χ4v) is 1.33. The van der Waals surface area contributed by atoms with Crippen LogP contribution in [0, 0.1) is 0 Å². The van der Waals surface area contributed by atoms with E-state index in [0.717, 1.165) is 5.33 Å². The number of halogens is 1. The highest BCUT2D eigenvalue weighted by atomic mass is 79.9. The minimum atomic E-state index is 0.488. The van der Waals surface area contributed by atoms with Gasteiger partial charge in [0.25, 0.3) is 0 Å². The van der Waals surface area contributed by atoms with Crippen LogP contribution in [0.25, 0.3) is 0 Å². The van der Waals surface area contributed by atoms with Crippen LogP contribution in [0.5, 0.6) is 0 Å². The number of methoxy groups -OCH3 is 1. The molecule has 1 atom stereocenters. The van der Waals surface area contributed by atoms with Crippen LogP contribution in [0.4, 0.5) is 0 Å². The van der Waals surface area contributed by atoms with E-state index in [2.05, 4.69) is 22.9 Å². The van der Waals surface area contributed by atoms with Crippen molar-refractivity contribution in [3.8, 4) is 0 Å². The van der Waals surface area contributed by atoms with Gasteiger partial charge in [0.1, 0.15) is 0 Å². The first kappa shape index (κ1) is 10.4. The first-order valence-electron chi connectivity index (χ1n) is 3.93. The molecule has 0 rings (SSSR count). The zero-order chi connectivity index (χ0) is 7.82. The first-order valence-corrected chi connectivity index (χ1v) is 5.06. The van der Waals surface area contributed by atoms with E-state index in [9.17, 15) is 0 Å². The van der Waals surface area contributed by atoms with Crippen LogP contribution in [0.15, 0.2) is 0 Å². The topological polar surface area (TPSA) is 9.23 Å². The van der Waals surface area contributed by atoms with Gasteiger partial charge in [-0.05, 0) is 19.3 Å². The minimum absolute atomic E-state index is 0.488. The van der Waals surface area contributed by atoms with Gasteiger partial charge in [-0.2, -0.15) is 0 Å². The van der Waals surface area contributed by atoms with E-state index in [1.807, 2.05) is 0 Å². The zero-order valence-corrected chi connectivity index (χ0v) is 8.49. The Balaban J connectivity index is 3.21. The van der Waals surface area contributed by atoms with Crippen molar-refractivity contribution in [3.63, 3.8) is 0 Å².